The highest BCUT2D eigenvalue weighted by atomic mass is 16.5. The number of hydrogen-bond acceptors (Lipinski definition) is 4. The first-order valence-electron chi connectivity index (χ1n) is 7.73. The van der Waals surface area contributed by atoms with Gasteiger partial charge in [0.25, 0.3) is 0 Å². The molecule has 3 rings (SSSR count). The summed E-state index contributed by atoms with van der Waals surface area (Å²) in [5.74, 6) is 2.09. The first-order valence-corrected chi connectivity index (χ1v) is 7.73. The lowest BCUT2D eigenvalue weighted by molar-refractivity contribution is -0.127. The molecule has 21 heavy (non-hydrogen) atoms. The largest absolute Gasteiger partial charge is 0.493 e. The number of Topliss-reactive ketones (excluding diaryl/α,β-unsaturated/α-hetero) is 1. The van der Waals surface area contributed by atoms with Gasteiger partial charge >= 0.3 is 0 Å². The van der Waals surface area contributed by atoms with Crippen molar-refractivity contribution in [2.24, 2.45) is 5.92 Å². The third-order valence-corrected chi connectivity index (χ3v) is 4.81. The lowest BCUT2D eigenvalue weighted by Gasteiger charge is -2.39. The molecule has 3 unspecified atom stereocenters. The van der Waals surface area contributed by atoms with E-state index in [-0.39, 0.29) is 12.0 Å². The van der Waals surface area contributed by atoms with Crippen LogP contribution in [-0.4, -0.2) is 26.0 Å². The molecule has 114 valence electrons. The second-order valence-corrected chi connectivity index (χ2v) is 6.00. The summed E-state index contributed by atoms with van der Waals surface area (Å²) in [6.45, 7) is 0. The Labute approximate surface area is 125 Å². The van der Waals surface area contributed by atoms with Crippen LogP contribution < -0.4 is 14.8 Å². The summed E-state index contributed by atoms with van der Waals surface area (Å²) in [4.78, 5) is 12.4. The van der Waals surface area contributed by atoms with E-state index < -0.39 is 0 Å². The van der Waals surface area contributed by atoms with Gasteiger partial charge in [-0.2, -0.15) is 0 Å². The molecule has 0 amide bonds. The molecule has 0 radical (unpaired) electrons. The van der Waals surface area contributed by atoms with E-state index in [9.17, 15) is 4.79 Å². The van der Waals surface area contributed by atoms with Crippen LogP contribution in [0, 0.1) is 5.92 Å². The summed E-state index contributed by atoms with van der Waals surface area (Å²) >= 11 is 0. The predicted molar refractivity (Wildman–Crippen MR) is 80.8 cm³/mol. The third kappa shape index (κ3) is 2.77. The minimum absolute atomic E-state index is 0.0941. The molecule has 1 saturated carbocycles. The first-order chi connectivity index (χ1) is 10.2. The molecular formula is C17H23NO3. The fraction of sp³-hybridized carbons (Fsp3) is 0.588. The molecule has 2 fully saturated rings. The molecule has 4 heteroatoms. The number of benzene rings is 1. The van der Waals surface area contributed by atoms with Crippen LogP contribution in [0.5, 0.6) is 11.5 Å². The zero-order chi connectivity index (χ0) is 14.8. The summed E-state index contributed by atoms with van der Waals surface area (Å²) < 4.78 is 10.6. The molecule has 0 spiro atoms. The summed E-state index contributed by atoms with van der Waals surface area (Å²) in [7, 11) is 3.27. The Balaban J connectivity index is 1.82. The molecular weight excluding hydrogens is 266 g/mol. The van der Waals surface area contributed by atoms with Crippen molar-refractivity contribution in [1.29, 1.82) is 0 Å². The van der Waals surface area contributed by atoms with Gasteiger partial charge in [-0.05, 0) is 30.5 Å². The number of fused-ring (bicyclic) bond motifs is 1. The molecule has 1 aromatic rings. The molecule has 1 heterocycles. The molecule has 1 saturated heterocycles. The zero-order valence-electron chi connectivity index (χ0n) is 12.7. The number of carbonyl (C=O) groups is 1. The van der Waals surface area contributed by atoms with Crippen molar-refractivity contribution in [3.63, 3.8) is 0 Å². The Kier molecular flexibility index (Phi) is 4.15. The summed E-state index contributed by atoms with van der Waals surface area (Å²) in [5.41, 5.74) is 1.10. The van der Waals surface area contributed by atoms with E-state index in [0.717, 1.165) is 29.9 Å². The minimum atomic E-state index is 0.0941. The Morgan fingerprint density at radius 2 is 1.86 bits per heavy atom. The maximum atomic E-state index is 12.4. The van der Waals surface area contributed by atoms with E-state index in [1.165, 1.54) is 12.8 Å². The molecule has 1 aromatic carbocycles. The number of carbonyl (C=O) groups excluding carboxylic acids is 1. The van der Waals surface area contributed by atoms with Crippen LogP contribution in [0.3, 0.4) is 0 Å². The maximum absolute atomic E-state index is 12.4. The van der Waals surface area contributed by atoms with Gasteiger partial charge in [-0.15, -0.1) is 0 Å². The highest BCUT2D eigenvalue weighted by molar-refractivity contribution is 5.83. The second kappa shape index (κ2) is 6.06. The Bertz CT molecular complexity index is 529. The molecule has 2 aliphatic rings. The fourth-order valence-corrected chi connectivity index (χ4v) is 3.67. The van der Waals surface area contributed by atoms with Crippen LogP contribution in [-0.2, 0) is 4.79 Å². The monoisotopic (exact) mass is 289 g/mol. The van der Waals surface area contributed by atoms with Crippen molar-refractivity contribution < 1.29 is 14.3 Å². The Hall–Kier alpha value is -1.55. The van der Waals surface area contributed by atoms with E-state index >= 15 is 0 Å². The lowest BCUT2D eigenvalue weighted by Crippen LogP contribution is -2.49. The van der Waals surface area contributed by atoms with Gasteiger partial charge in [0.05, 0.1) is 14.2 Å². The molecule has 1 aliphatic heterocycles. The molecule has 0 bridgehead atoms. The van der Waals surface area contributed by atoms with Crippen molar-refractivity contribution in [1.82, 2.24) is 5.32 Å². The topological polar surface area (TPSA) is 47.6 Å². The lowest BCUT2D eigenvalue weighted by atomic mass is 9.76. The summed E-state index contributed by atoms with van der Waals surface area (Å²) in [6.07, 6.45) is 5.15. The molecule has 1 aliphatic carbocycles. The van der Waals surface area contributed by atoms with E-state index in [1.807, 2.05) is 18.2 Å². The summed E-state index contributed by atoms with van der Waals surface area (Å²) in [6, 6.07) is 6.35. The van der Waals surface area contributed by atoms with Crippen molar-refractivity contribution in [2.75, 3.05) is 14.2 Å². The predicted octanol–water partition coefficient (Wildman–Crippen LogP) is 2.87. The standard InChI is InChI=1S/C17H23NO3/c1-20-16-8-7-11(9-17(16)21-2)14-10-15(19)12-5-3-4-6-13(12)18-14/h7-9,12-14,18H,3-6,10H2,1-2H3. The van der Waals surface area contributed by atoms with E-state index in [1.54, 1.807) is 14.2 Å². The SMILES string of the molecule is COc1ccc(C2CC(=O)C3CCCCC3N2)cc1OC. The smallest absolute Gasteiger partial charge is 0.161 e. The second-order valence-electron chi connectivity index (χ2n) is 6.00. The zero-order valence-corrected chi connectivity index (χ0v) is 12.7. The van der Waals surface area contributed by atoms with Crippen LogP contribution in [0.4, 0.5) is 0 Å². The number of nitrogens with one attached hydrogen (secondary N) is 1. The van der Waals surface area contributed by atoms with E-state index in [4.69, 9.17) is 9.47 Å². The van der Waals surface area contributed by atoms with Gasteiger partial charge in [0.2, 0.25) is 0 Å². The van der Waals surface area contributed by atoms with E-state index in [2.05, 4.69) is 5.32 Å². The average Bonchev–Trinajstić information content (AvgIpc) is 2.54. The van der Waals surface area contributed by atoms with Crippen LogP contribution in [0.15, 0.2) is 18.2 Å². The number of ketones is 1. The maximum Gasteiger partial charge on any atom is 0.161 e. The highest BCUT2D eigenvalue weighted by Crippen LogP contribution is 2.37. The van der Waals surface area contributed by atoms with E-state index in [0.29, 0.717) is 18.2 Å². The third-order valence-electron chi connectivity index (χ3n) is 4.81. The van der Waals surface area contributed by atoms with Gasteiger partial charge in [-0.1, -0.05) is 18.9 Å². The van der Waals surface area contributed by atoms with Crippen LogP contribution in [0.2, 0.25) is 0 Å². The van der Waals surface area contributed by atoms with Crippen LogP contribution in [0.25, 0.3) is 0 Å². The fourth-order valence-electron chi connectivity index (χ4n) is 3.67. The van der Waals surface area contributed by atoms with Crippen molar-refractivity contribution in [3.8, 4) is 11.5 Å². The van der Waals surface area contributed by atoms with Gasteiger partial charge in [0, 0.05) is 24.4 Å². The quantitative estimate of drug-likeness (QED) is 0.929. The molecule has 1 N–H and O–H groups in total. The van der Waals surface area contributed by atoms with Gasteiger partial charge in [-0.3, -0.25) is 4.79 Å². The molecule has 4 nitrogen and oxygen atoms in total. The normalized spacial score (nSPS) is 28.9. The van der Waals surface area contributed by atoms with Crippen LogP contribution in [0.1, 0.15) is 43.7 Å². The first kappa shape index (κ1) is 14.4. The molecule has 0 aromatic heterocycles. The van der Waals surface area contributed by atoms with Crippen molar-refractivity contribution >= 4 is 5.78 Å². The number of hydrogen-bond donors (Lipinski definition) is 1. The average molecular weight is 289 g/mol. The van der Waals surface area contributed by atoms with Crippen LogP contribution >= 0.6 is 0 Å². The van der Waals surface area contributed by atoms with Gasteiger partial charge in [0.15, 0.2) is 11.5 Å². The van der Waals surface area contributed by atoms with Gasteiger partial charge in [-0.25, -0.2) is 0 Å². The van der Waals surface area contributed by atoms with Gasteiger partial charge < -0.3 is 14.8 Å². The minimum Gasteiger partial charge on any atom is -0.493 e. The van der Waals surface area contributed by atoms with Crippen molar-refractivity contribution in [3.05, 3.63) is 23.8 Å². The number of ether oxygens (including phenoxy) is 2. The Morgan fingerprint density at radius 3 is 2.62 bits per heavy atom. The Morgan fingerprint density at radius 1 is 1.10 bits per heavy atom. The summed E-state index contributed by atoms with van der Waals surface area (Å²) in [5, 5.41) is 3.67. The van der Waals surface area contributed by atoms with Crippen molar-refractivity contribution in [2.45, 2.75) is 44.2 Å². The number of methoxy groups -OCH3 is 2. The number of piperidine rings is 1. The van der Waals surface area contributed by atoms with Gasteiger partial charge in [0.1, 0.15) is 5.78 Å². The highest BCUT2D eigenvalue weighted by Gasteiger charge is 2.37. The molecule has 3 atom stereocenters. The number of rotatable bonds is 3.